The molecule has 1 saturated heterocycles. The van der Waals surface area contributed by atoms with Gasteiger partial charge in [0, 0.05) is 60.0 Å². The third kappa shape index (κ3) is 13.3. The lowest BCUT2D eigenvalue weighted by Crippen LogP contribution is -2.60. The Kier molecular flexibility index (Phi) is 18.1. The minimum absolute atomic E-state index is 0.0350. The molecule has 6 rings (SSSR count). The number of aromatic amines is 2. The largest absolute Gasteiger partial charge is 0.508 e. The summed E-state index contributed by atoms with van der Waals surface area (Å²) in [6.45, 7) is 0.818. The van der Waals surface area contributed by atoms with Gasteiger partial charge < -0.3 is 73.3 Å². The van der Waals surface area contributed by atoms with Crippen LogP contribution in [0, 0.1) is 0 Å². The lowest BCUT2D eigenvalue weighted by Gasteiger charge is -2.31. The van der Waals surface area contributed by atoms with Crippen LogP contribution in [0.4, 0.5) is 0 Å². The van der Waals surface area contributed by atoms with Crippen molar-refractivity contribution in [3.8, 4) is 5.75 Å². The normalized spacial score (nSPS) is 16.6. The first-order chi connectivity index (χ1) is 33.6. The minimum Gasteiger partial charge on any atom is -0.508 e. The fraction of sp³-hybridized carbons (Fsp3) is 0.408. The van der Waals surface area contributed by atoms with E-state index >= 15 is 0 Å². The predicted octanol–water partition coefficient (Wildman–Crippen LogP) is -0.288. The number of aliphatic hydroxyl groups excluding tert-OH is 2. The molecular weight excluding hydrogens is 905 g/mol. The lowest BCUT2D eigenvalue weighted by atomic mass is 10.0. The molecule has 0 saturated carbocycles. The Morgan fingerprint density at radius 2 is 1.24 bits per heavy atom. The first-order valence-electron chi connectivity index (χ1n) is 23.3. The van der Waals surface area contributed by atoms with Gasteiger partial charge >= 0.3 is 5.97 Å². The molecule has 0 aliphatic carbocycles. The number of rotatable bonds is 24. The van der Waals surface area contributed by atoms with Crippen LogP contribution in [0.2, 0.25) is 0 Å². The van der Waals surface area contributed by atoms with Gasteiger partial charge in [0.15, 0.2) is 0 Å². The van der Waals surface area contributed by atoms with Gasteiger partial charge in [0.05, 0.1) is 12.7 Å². The number of aliphatic carboxylic acids is 1. The molecule has 1 aliphatic rings. The van der Waals surface area contributed by atoms with Crippen LogP contribution in [0.1, 0.15) is 55.7 Å². The van der Waals surface area contributed by atoms with Crippen molar-refractivity contribution >= 4 is 63.2 Å². The molecule has 3 aromatic carbocycles. The van der Waals surface area contributed by atoms with E-state index in [1.54, 1.807) is 18.5 Å². The smallest absolute Gasteiger partial charge is 0.326 e. The molecule has 21 nitrogen and oxygen atoms in total. The average molecular weight is 967 g/mol. The number of nitrogens with zero attached hydrogens (tertiary/aromatic N) is 1. The maximum absolute atomic E-state index is 14.7. The number of aromatic hydroxyl groups is 1. The molecular formula is C49H62N10O11. The second kappa shape index (κ2) is 24.3. The Morgan fingerprint density at radius 3 is 1.83 bits per heavy atom. The molecule has 3 heterocycles. The predicted molar refractivity (Wildman–Crippen MR) is 257 cm³/mol. The molecule has 5 aromatic rings. The molecule has 70 heavy (non-hydrogen) atoms. The van der Waals surface area contributed by atoms with Gasteiger partial charge in [0.2, 0.25) is 35.4 Å². The van der Waals surface area contributed by atoms with E-state index in [0.717, 1.165) is 21.8 Å². The number of carboxylic acid groups (broad SMARTS) is 1. The van der Waals surface area contributed by atoms with E-state index in [0.29, 0.717) is 42.5 Å². The van der Waals surface area contributed by atoms with Crippen LogP contribution in [0.15, 0.2) is 85.2 Å². The Hall–Kier alpha value is -7.33. The van der Waals surface area contributed by atoms with Gasteiger partial charge in [-0.05, 0) is 86.5 Å². The van der Waals surface area contributed by atoms with Crippen LogP contribution >= 0.6 is 0 Å². The molecule has 15 N–H and O–H groups in total. The van der Waals surface area contributed by atoms with E-state index in [2.05, 4.69) is 36.6 Å². The Morgan fingerprint density at radius 1 is 0.700 bits per heavy atom. The zero-order valence-electron chi connectivity index (χ0n) is 38.7. The number of carbonyl (C=O) groups excluding carboxylic acids is 6. The number of nitrogens with one attached hydrogen (secondary N) is 7. The Balaban J connectivity index is 1.19. The molecule has 8 atom stereocenters. The van der Waals surface area contributed by atoms with Crippen molar-refractivity contribution in [2.75, 3.05) is 19.7 Å². The highest BCUT2D eigenvalue weighted by Crippen LogP contribution is 2.24. The molecule has 0 bridgehead atoms. The molecule has 374 valence electrons. The number of unbranched alkanes of at least 4 members (excludes halogenated alkanes) is 1. The Bertz CT molecular complexity index is 2630. The number of fused-ring (bicyclic) bond motifs is 2. The number of likely N-dealkylation sites (tertiary alicyclic amines) is 1. The Labute approximate surface area is 403 Å². The molecule has 0 unspecified atom stereocenters. The van der Waals surface area contributed by atoms with Crippen LogP contribution in [-0.2, 0) is 52.8 Å². The number of hydrogen-bond acceptors (Lipinski definition) is 12. The monoisotopic (exact) mass is 966 g/mol. The minimum atomic E-state index is -1.64. The van der Waals surface area contributed by atoms with Gasteiger partial charge in [0.25, 0.3) is 0 Å². The van der Waals surface area contributed by atoms with Crippen molar-refractivity contribution in [3.63, 3.8) is 0 Å². The van der Waals surface area contributed by atoms with Crippen LogP contribution in [0.3, 0.4) is 0 Å². The summed E-state index contributed by atoms with van der Waals surface area (Å²) >= 11 is 0. The van der Waals surface area contributed by atoms with E-state index in [9.17, 15) is 54.0 Å². The second-order valence-corrected chi connectivity index (χ2v) is 17.6. The lowest BCUT2D eigenvalue weighted by molar-refractivity contribution is -0.143. The molecule has 1 fully saturated rings. The fourth-order valence-corrected chi connectivity index (χ4v) is 8.55. The molecule has 6 amide bonds. The van der Waals surface area contributed by atoms with E-state index in [1.165, 1.54) is 36.1 Å². The zero-order valence-corrected chi connectivity index (χ0v) is 38.7. The van der Waals surface area contributed by atoms with Gasteiger partial charge in [-0.15, -0.1) is 0 Å². The van der Waals surface area contributed by atoms with Gasteiger partial charge in [-0.3, -0.25) is 28.8 Å². The SMILES string of the molecule is C[C@@H](O)[C@H](N)C(=O)N[C@@H](CCCCN)C(=O)N[C@@H](Cc1c[nH]c2ccccc12)C(=O)N1CCC[C@H]1C(=O)N[C@@H](CO)C(=O)N[C@@H](Cc1ccc(O)cc1)C(=O)N[C@@H](Cc1c[nH]c2ccccc12)C(=O)O. The number of carboxylic acids is 1. The highest BCUT2D eigenvalue weighted by molar-refractivity contribution is 5.98. The van der Waals surface area contributed by atoms with E-state index in [4.69, 9.17) is 11.5 Å². The number of benzene rings is 3. The van der Waals surface area contributed by atoms with Crippen molar-refractivity contribution in [2.24, 2.45) is 11.5 Å². The van der Waals surface area contributed by atoms with Crippen molar-refractivity contribution in [1.82, 2.24) is 41.5 Å². The van der Waals surface area contributed by atoms with Crippen molar-refractivity contribution < 1.29 is 54.0 Å². The van der Waals surface area contributed by atoms with Crippen molar-refractivity contribution in [2.45, 2.75) is 107 Å². The summed E-state index contributed by atoms with van der Waals surface area (Å²) in [5, 5.41) is 55.0. The standard InChI is InChI=1S/C49H62N10O11/c1-27(61)42(51)47(67)54-36(13-6-7-19-50)43(63)56-38(22-29-24-52-34-11-4-2-9-32(29)34)48(68)59-20-8-14-41(59)46(66)58-40(26-60)45(65)55-37(21-28-15-17-31(62)18-16-28)44(64)57-39(49(69)70)23-30-25-53-35-12-5-3-10-33(30)35/h2-5,9-12,15-18,24-25,27,36-42,52-53,60-62H,6-8,13-14,19-23,26,50-51H2,1H3,(H,54,67)(H,55,65)(H,56,63)(H,57,64)(H,58,66)(H,69,70)/t27-,36+,37+,38+,39+,40+,41+,42+/m1/s1. The van der Waals surface area contributed by atoms with E-state index in [1.807, 2.05) is 42.5 Å². The summed E-state index contributed by atoms with van der Waals surface area (Å²) in [4.78, 5) is 104. The summed E-state index contributed by atoms with van der Waals surface area (Å²) in [5.74, 6) is -6.19. The van der Waals surface area contributed by atoms with Crippen LogP contribution < -0.4 is 38.1 Å². The summed E-state index contributed by atoms with van der Waals surface area (Å²) < 4.78 is 0. The zero-order chi connectivity index (χ0) is 50.5. The average Bonchev–Trinajstić information content (AvgIpc) is 4.11. The molecule has 0 radical (unpaired) electrons. The first kappa shape index (κ1) is 52.0. The number of carbonyl (C=O) groups is 7. The van der Waals surface area contributed by atoms with Crippen LogP contribution in [-0.4, -0.2) is 145 Å². The van der Waals surface area contributed by atoms with Gasteiger partial charge in [-0.25, -0.2) is 4.79 Å². The molecule has 21 heteroatoms. The first-order valence-corrected chi connectivity index (χ1v) is 23.3. The van der Waals surface area contributed by atoms with Crippen molar-refractivity contribution in [3.05, 3.63) is 102 Å². The van der Waals surface area contributed by atoms with Crippen molar-refractivity contribution in [1.29, 1.82) is 0 Å². The summed E-state index contributed by atoms with van der Waals surface area (Å²) in [7, 11) is 0. The number of phenols is 1. The third-order valence-electron chi connectivity index (χ3n) is 12.5. The quantitative estimate of drug-likeness (QED) is 0.0354. The van der Waals surface area contributed by atoms with Crippen LogP contribution in [0.5, 0.6) is 5.75 Å². The summed E-state index contributed by atoms with van der Waals surface area (Å²) in [6, 6.07) is 10.9. The van der Waals surface area contributed by atoms with E-state index in [-0.39, 0.29) is 44.4 Å². The highest BCUT2D eigenvalue weighted by atomic mass is 16.4. The number of para-hydroxylation sites is 2. The highest BCUT2D eigenvalue weighted by Gasteiger charge is 2.40. The second-order valence-electron chi connectivity index (χ2n) is 17.6. The number of phenolic OH excluding ortho intramolecular Hbond substituents is 1. The molecule has 1 aliphatic heterocycles. The number of aliphatic hydroxyl groups is 2. The maximum Gasteiger partial charge on any atom is 0.326 e. The number of aromatic nitrogens is 2. The number of amides is 6. The number of H-pyrrole nitrogens is 2. The number of nitrogens with two attached hydrogens (primary N) is 2. The molecule has 0 spiro atoms. The van der Waals surface area contributed by atoms with Gasteiger partial charge in [-0.1, -0.05) is 48.5 Å². The fourth-order valence-electron chi connectivity index (χ4n) is 8.55. The topological polar surface area (TPSA) is 347 Å². The maximum atomic E-state index is 14.7. The van der Waals surface area contributed by atoms with Gasteiger partial charge in [0.1, 0.15) is 48.0 Å². The number of hydrogen-bond donors (Lipinski definition) is 13. The molecule has 2 aromatic heterocycles. The summed E-state index contributed by atoms with van der Waals surface area (Å²) in [6.07, 6.45) is 3.44. The third-order valence-corrected chi connectivity index (χ3v) is 12.5. The van der Waals surface area contributed by atoms with Gasteiger partial charge in [-0.2, -0.15) is 0 Å². The van der Waals surface area contributed by atoms with Crippen LogP contribution in [0.25, 0.3) is 21.8 Å². The summed E-state index contributed by atoms with van der Waals surface area (Å²) in [5.41, 5.74) is 14.9. The van der Waals surface area contributed by atoms with E-state index < -0.39 is 96.4 Å².